The molecule has 0 saturated carbocycles. The monoisotopic (exact) mass is 263 g/mol. The molecule has 3 rings (SSSR count). The van der Waals surface area contributed by atoms with Gasteiger partial charge in [-0.2, -0.15) is 0 Å². The summed E-state index contributed by atoms with van der Waals surface area (Å²) in [6.07, 6.45) is 1.86. The van der Waals surface area contributed by atoms with Gasteiger partial charge in [-0.1, -0.05) is 42.5 Å². The molecule has 1 N–H and O–H groups in total. The van der Waals surface area contributed by atoms with Crippen molar-refractivity contribution in [3.05, 3.63) is 77.6 Å². The van der Waals surface area contributed by atoms with Crippen LogP contribution in [0.4, 0.5) is 0 Å². The number of nitrogens with zero attached hydrogens (tertiary/aromatic N) is 1. The standard InChI is InChI=1S/C18H17NO/c1-13-6-9-17(19-12-13)11-18(20)16-8-7-14-4-2-3-5-15(14)10-16/h2-10,12,18,20H,11H2,1H3. The van der Waals surface area contributed by atoms with Crippen LogP contribution in [-0.2, 0) is 6.42 Å². The maximum absolute atomic E-state index is 10.4. The van der Waals surface area contributed by atoms with Crippen molar-refractivity contribution in [1.82, 2.24) is 4.98 Å². The molecule has 0 aliphatic carbocycles. The van der Waals surface area contributed by atoms with Gasteiger partial charge in [0, 0.05) is 18.3 Å². The fraction of sp³-hybridized carbons (Fsp3) is 0.167. The average Bonchev–Trinajstić information content (AvgIpc) is 2.49. The summed E-state index contributed by atoms with van der Waals surface area (Å²) in [6.45, 7) is 2.01. The summed E-state index contributed by atoms with van der Waals surface area (Å²) in [5, 5.41) is 12.7. The fourth-order valence-corrected chi connectivity index (χ4v) is 2.35. The van der Waals surface area contributed by atoms with Gasteiger partial charge >= 0.3 is 0 Å². The van der Waals surface area contributed by atoms with Crippen LogP contribution in [0, 0.1) is 6.92 Å². The van der Waals surface area contributed by atoms with E-state index in [0.717, 1.165) is 22.2 Å². The molecule has 0 radical (unpaired) electrons. The summed E-state index contributed by atoms with van der Waals surface area (Å²) in [6, 6.07) is 18.3. The molecule has 0 amide bonds. The SMILES string of the molecule is Cc1ccc(CC(O)c2ccc3ccccc3c2)nc1. The highest BCUT2D eigenvalue weighted by molar-refractivity contribution is 5.83. The number of aliphatic hydroxyl groups is 1. The maximum atomic E-state index is 10.4. The fourth-order valence-electron chi connectivity index (χ4n) is 2.35. The second-order valence-corrected chi connectivity index (χ2v) is 5.15. The molecular formula is C18H17NO. The lowest BCUT2D eigenvalue weighted by Gasteiger charge is -2.11. The maximum Gasteiger partial charge on any atom is 0.0845 e. The average molecular weight is 263 g/mol. The highest BCUT2D eigenvalue weighted by Gasteiger charge is 2.10. The van der Waals surface area contributed by atoms with Gasteiger partial charge in [-0.25, -0.2) is 0 Å². The summed E-state index contributed by atoms with van der Waals surface area (Å²) in [7, 11) is 0. The molecule has 1 heterocycles. The van der Waals surface area contributed by atoms with E-state index in [2.05, 4.69) is 23.2 Å². The molecule has 2 nitrogen and oxygen atoms in total. The minimum atomic E-state index is -0.519. The van der Waals surface area contributed by atoms with E-state index >= 15 is 0 Å². The topological polar surface area (TPSA) is 33.1 Å². The van der Waals surface area contributed by atoms with Crippen LogP contribution in [0.25, 0.3) is 10.8 Å². The quantitative estimate of drug-likeness (QED) is 0.779. The largest absolute Gasteiger partial charge is 0.388 e. The zero-order valence-electron chi connectivity index (χ0n) is 11.5. The second kappa shape index (κ2) is 5.43. The lowest BCUT2D eigenvalue weighted by molar-refractivity contribution is 0.177. The van der Waals surface area contributed by atoms with Crippen molar-refractivity contribution in [2.75, 3.05) is 0 Å². The first-order chi connectivity index (χ1) is 9.72. The van der Waals surface area contributed by atoms with Crippen LogP contribution in [0.3, 0.4) is 0 Å². The first-order valence-electron chi connectivity index (χ1n) is 6.81. The number of hydrogen-bond acceptors (Lipinski definition) is 2. The van der Waals surface area contributed by atoms with E-state index in [1.54, 1.807) is 0 Å². The van der Waals surface area contributed by atoms with Crippen LogP contribution in [0.15, 0.2) is 60.8 Å². The first kappa shape index (κ1) is 12.8. The number of aliphatic hydroxyl groups excluding tert-OH is 1. The Hall–Kier alpha value is -2.19. The zero-order valence-corrected chi connectivity index (χ0v) is 11.5. The van der Waals surface area contributed by atoms with Crippen molar-refractivity contribution < 1.29 is 5.11 Å². The number of hydrogen-bond donors (Lipinski definition) is 1. The van der Waals surface area contributed by atoms with Crippen molar-refractivity contribution in [2.24, 2.45) is 0 Å². The van der Waals surface area contributed by atoms with Crippen LogP contribution in [-0.4, -0.2) is 10.1 Å². The lowest BCUT2D eigenvalue weighted by atomic mass is 10.0. The molecule has 0 spiro atoms. The summed E-state index contributed by atoms with van der Waals surface area (Å²) < 4.78 is 0. The van der Waals surface area contributed by atoms with E-state index in [-0.39, 0.29) is 0 Å². The number of aromatic nitrogens is 1. The molecule has 1 unspecified atom stereocenters. The van der Waals surface area contributed by atoms with Crippen LogP contribution >= 0.6 is 0 Å². The molecule has 2 heteroatoms. The van der Waals surface area contributed by atoms with E-state index in [0.29, 0.717) is 6.42 Å². The number of rotatable bonds is 3. The predicted molar refractivity (Wildman–Crippen MR) is 81.6 cm³/mol. The Bertz CT molecular complexity index is 719. The molecule has 3 aromatic rings. The zero-order chi connectivity index (χ0) is 13.9. The highest BCUT2D eigenvalue weighted by atomic mass is 16.3. The molecule has 0 aliphatic heterocycles. The van der Waals surface area contributed by atoms with Crippen molar-refractivity contribution >= 4 is 10.8 Å². The first-order valence-corrected chi connectivity index (χ1v) is 6.81. The van der Waals surface area contributed by atoms with Crippen molar-refractivity contribution in [3.8, 4) is 0 Å². The minimum Gasteiger partial charge on any atom is -0.388 e. The van der Waals surface area contributed by atoms with E-state index in [9.17, 15) is 5.11 Å². The number of fused-ring (bicyclic) bond motifs is 1. The third-order valence-electron chi connectivity index (χ3n) is 3.53. The van der Waals surface area contributed by atoms with Crippen LogP contribution < -0.4 is 0 Å². The Morgan fingerprint density at radius 3 is 2.55 bits per heavy atom. The molecule has 1 atom stereocenters. The minimum absolute atomic E-state index is 0.519. The van der Waals surface area contributed by atoms with Gasteiger partial charge in [0.15, 0.2) is 0 Å². The lowest BCUT2D eigenvalue weighted by Crippen LogP contribution is -2.03. The van der Waals surface area contributed by atoms with Gasteiger partial charge in [0.05, 0.1) is 6.10 Å². The Morgan fingerprint density at radius 2 is 1.80 bits per heavy atom. The third-order valence-corrected chi connectivity index (χ3v) is 3.53. The van der Waals surface area contributed by atoms with Crippen LogP contribution in [0.5, 0.6) is 0 Å². The smallest absolute Gasteiger partial charge is 0.0845 e. The van der Waals surface area contributed by atoms with Crippen molar-refractivity contribution in [1.29, 1.82) is 0 Å². The Kier molecular flexibility index (Phi) is 3.48. The Labute approximate surface area is 118 Å². The molecule has 0 saturated heterocycles. The van der Waals surface area contributed by atoms with Gasteiger partial charge in [-0.05, 0) is 41.0 Å². The molecular weight excluding hydrogens is 246 g/mol. The summed E-state index contributed by atoms with van der Waals surface area (Å²) in [5.74, 6) is 0. The second-order valence-electron chi connectivity index (χ2n) is 5.15. The van der Waals surface area contributed by atoms with E-state index in [4.69, 9.17) is 0 Å². The van der Waals surface area contributed by atoms with Gasteiger partial charge in [0.1, 0.15) is 0 Å². The third kappa shape index (κ3) is 2.70. The molecule has 2 aromatic carbocycles. The van der Waals surface area contributed by atoms with Crippen LogP contribution in [0.2, 0.25) is 0 Å². The van der Waals surface area contributed by atoms with Crippen LogP contribution in [0.1, 0.15) is 22.9 Å². The number of benzene rings is 2. The molecule has 0 fully saturated rings. The summed E-state index contributed by atoms with van der Waals surface area (Å²) in [4.78, 5) is 4.35. The van der Waals surface area contributed by atoms with E-state index < -0.39 is 6.10 Å². The molecule has 20 heavy (non-hydrogen) atoms. The Balaban J connectivity index is 1.84. The van der Waals surface area contributed by atoms with Gasteiger partial charge in [0.2, 0.25) is 0 Å². The molecule has 0 aliphatic rings. The molecule has 100 valence electrons. The number of pyridine rings is 1. The molecule has 1 aromatic heterocycles. The normalized spacial score (nSPS) is 12.5. The van der Waals surface area contributed by atoms with Gasteiger partial charge < -0.3 is 5.11 Å². The Morgan fingerprint density at radius 1 is 1.00 bits per heavy atom. The summed E-state index contributed by atoms with van der Waals surface area (Å²) in [5.41, 5.74) is 2.98. The van der Waals surface area contributed by atoms with Gasteiger partial charge in [-0.15, -0.1) is 0 Å². The van der Waals surface area contributed by atoms with E-state index in [1.807, 2.05) is 49.5 Å². The summed E-state index contributed by atoms with van der Waals surface area (Å²) >= 11 is 0. The highest BCUT2D eigenvalue weighted by Crippen LogP contribution is 2.22. The van der Waals surface area contributed by atoms with Crippen molar-refractivity contribution in [2.45, 2.75) is 19.4 Å². The number of aryl methyl sites for hydroxylation is 1. The van der Waals surface area contributed by atoms with E-state index in [1.165, 1.54) is 5.39 Å². The van der Waals surface area contributed by atoms with Gasteiger partial charge in [-0.3, -0.25) is 4.98 Å². The predicted octanol–water partition coefficient (Wildman–Crippen LogP) is 3.82. The molecule has 0 bridgehead atoms. The van der Waals surface area contributed by atoms with Crippen molar-refractivity contribution in [3.63, 3.8) is 0 Å². The van der Waals surface area contributed by atoms with Gasteiger partial charge in [0.25, 0.3) is 0 Å².